The first-order chi connectivity index (χ1) is 18.2. The van der Waals surface area contributed by atoms with E-state index in [2.05, 4.69) is 44.0 Å². The lowest BCUT2D eigenvalue weighted by molar-refractivity contribution is -0.132. The minimum absolute atomic E-state index is 0.0363. The van der Waals surface area contributed by atoms with E-state index in [9.17, 15) is 17.8 Å². The van der Waals surface area contributed by atoms with Gasteiger partial charge in [-0.05, 0) is 37.1 Å². The normalized spacial score (nSPS) is 13.8. The lowest BCUT2D eigenvalue weighted by Crippen LogP contribution is -2.25. The summed E-state index contributed by atoms with van der Waals surface area (Å²) in [6.45, 7) is 6.02. The van der Waals surface area contributed by atoms with Gasteiger partial charge in [0.1, 0.15) is 22.8 Å². The standard InChI is InChI=1S/C24H27N7O6S/c1-5-11-30(12-6-2)15-7-8-17(19(13-15)36-3)26-20-21(24(32)37-4)29-31-22(27-28-23(20)31)18-14-16(9-10-25-18)38(33,34)35/h7-10,13-14H,5-6,11-12H2,1-4H3,(H,33,34,35)/b26-20-. The van der Waals surface area contributed by atoms with E-state index in [1.54, 1.807) is 6.07 Å². The minimum Gasteiger partial charge on any atom is -0.494 e. The number of pyridine rings is 1. The van der Waals surface area contributed by atoms with E-state index >= 15 is 0 Å². The number of carbonyl (C=O) groups is 1. The summed E-state index contributed by atoms with van der Waals surface area (Å²) in [6.07, 6.45) is 3.18. The lowest BCUT2D eigenvalue weighted by Gasteiger charge is -2.24. The van der Waals surface area contributed by atoms with Gasteiger partial charge in [0.15, 0.2) is 5.71 Å². The Balaban J connectivity index is 1.81. The van der Waals surface area contributed by atoms with Crippen molar-refractivity contribution in [3.05, 3.63) is 42.4 Å². The number of nitrogens with zero attached hydrogens (tertiary/aromatic N) is 7. The Hall–Kier alpha value is -4.17. The van der Waals surface area contributed by atoms with E-state index < -0.39 is 16.1 Å². The summed E-state index contributed by atoms with van der Waals surface area (Å²) in [5.41, 5.74) is 1.43. The number of fused-ring (bicyclic) bond motifs is 1. The van der Waals surface area contributed by atoms with Crippen molar-refractivity contribution in [2.75, 3.05) is 32.2 Å². The molecular weight excluding hydrogens is 514 g/mol. The number of benzene rings is 1. The molecule has 0 radical (unpaired) electrons. The maximum Gasteiger partial charge on any atom is 0.360 e. The van der Waals surface area contributed by atoms with Crippen LogP contribution in [0, 0.1) is 0 Å². The third-order valence-corrected chi connectivity index (χ3v) is 6.51. The van der Waals surface area contributed by atoms with Crippen LogP contribution in [0.1, 0.15) is 32.5 Å². The number of aromatic nitrogens is 4. The molecule has 0 saturated heterocycles. The van der Waals surface area contributed by atoms with E-state index in [1.165, 1.54) is 25.1 Å². The lowest BCUT2D eigenvalue weighted by atomic mass is 10.2. The highest BCUT2D eigenvalue weighted by molar-refractivity contribution is 7.85. The van der Waals surface area contributed by atoms with Gasteiger partial charge in [0.05, 0.1) is 19.1 Å². The van der Waals surface area contributed by atoms with Gasteiger partial charge < -0.3 is 14.4 Å². The molecule has 14 heteroatoms. The smallest absolute Gasteiger partial charge is 0.360 e. The van der Waals surface area contributed by atoms with E-state index in [4.69, 9.17) is 9.47 Å². The van der Waals surface area contributed by atoms with Gasteiger partial charge in [-0.25, -0.2) is 9.79 Å². The topological polar surface area (TPSA) is 161 Å². The largest absolute Gasteiger partial charge is 0.494 e. The van der Waals surface area contributed by atoms with Gasteiger partial charge in [0.2, 0.25) is 11.6 Å². The van der Waals surface area contributed by atoms with Crippen molar-refractivity contribution in [1.29, 1.82) is 0 Å². The number of methoxy groups -OCH3 is 2. The molecule has 1 aromatic carbocycles. The quantitative estimate of drug-likeness (QED) is 0.298. The molecule has 0 aliphatic carbocycles. The number of rotatable bonds is 10. The second-order valence-corrected chi connectivity index (χ2v) is 9.68. The Morgan fingerprint density at radius 1 is 1.08 bits per heavy atom. The minimum atomic E-state index is -4.48. The summed E-state index contributed by atoms with van der Waals surface area (Å²) in [5, 5.41) is 12.5. The van der Waals surface area contributed by atoms with Gasteiger partial charge >= 0.3 is 5.97 Å². The van der Waals surface area contributed by atoms with E-state index in [-0.39, 0.29) is 33.7 Å². The van der Waals surface area contributed by atoms with Crippen LogP contribution < -0.4 is 9.64 Å². The summed E-state index contributed by atoms with van der Waals surface area (Å²) in [5.74, 6) is -0.122. The molecule has 1 N–H and O–H groups in total. The highest BCUT2D eigenvalue weighted by Gasteiger charge is 2.34. The predicted molar refractivity (Wildman–Crippen MR) is 140 cm³/mol. The Morgan fingerprint density at radius 2 is 1.79 bits per heavy atom. The molecule has 0 bridgehead atoms. The second kappa shape index (κ2) is 11.1. The van der Waals surface area contributed by atoms with Gasteiger partial charge in [0.25, 0.3) is 10.1 Å². The van der Waals surface area contributed by atoms with Crippen LogP contribution in [0.5, 0.6) is 5.75 Å². The molecule has 13 nitrogen and oxygen atoms in total. The van der Waals surface area contributed by atoms with Crippen molar-refractivity contribution >= 4 is 38.9 Å². The van der Waals surface area contributed by atoms with Gasteiger partial charge in [-0.1, -0.05) is 13.8 Å². The monoisotopic (exact) mass is 541 g/mol. The first-order valence-electron chi connectivity index (χ1n) is 11.8. The van der Waals surface area contributed by atoms with Crippen LogP contribution in [0.3, 0.4) is 0 Å². The van der Waals surface area contributed by atoms with Gasteiger partial charge in [-0.15, -0.1) is 10.2 Å². The highest BCUT2D eigenvalue weighted by Crippen LogP contribution is 2.34. The Bertz CT molecular complexity index is 1520. The van der Waals surface area contributed by atoms with E-state index in [0.717, 1.165) is 43.8 Å². The van der Waals surface area contributed by atoms with E-state index in [1.807, 2.05) is 12.1 Å². The summed E-state index contributed by atoms with van der Waals surface area (Å²) >= 11 is 0. The zero-order chi connectivity index (χ0) is 27.4. The molecule has 0 atom stereocenters. The molecule has 2 aromatic heterocycles. The molecule has 200 valence electrons. The van der Waals surface area contributed by atoms with Gasteiger partial charge in [-0.3, -0.25) is 9.54 Å². The van der Waals surface area contributed by atoms with Crippen molar-refractivity contribution in [2.45, 2.75) is 31.6 Å². The van der Waals surface area contributed by atoms with Crippen molar-refractivity contribution in [1.82, 2.24) is 19.9 Å². The third kappa shape index (κ3) is 5.26. The molecule has 0 amide bonds. The summed E-state index contributed by atoms with van der Waals surface area (Å²) < 4.78 is 44.3. The average molecular weight is 542 g/mol. The molecule has 4 rings (SSSR count). The first-order valence-corrected chi connectivity index (χ1v) is 13.2. The van der Waals surface area contributed by atoms with E-state index in [0.29, 0.717) is 11.4 Å². The van der Waals surface area contributed by atoms with Crippen molar-refractivity contribution in [3.8, 4) is 17.3 Å². The molecule has 0 spiro atoms. The Labute approximate surface area is 219 Å². The fourth-order valence-corrected chi connectivity index (χ4v) is 4.45. The number of aliphatic imine (C=N–C) groups is 1. The fraction of sp³-hybridized carbons (Fsp3) is 0.333. The van der Waals surface area contributed by atoms with Crippen molar-refractivity contribution in [3.63, 3.8) is 0 Å². The number of anilines is 1. The molecule has 0 unspecified atom stereocenters. The number of esters is 1. The summed E-state index contributed by atoms with van der Waals surface area (Å²) in [7, 11) is -1.74. The number of hydrogen-bond donors (Lipinski definition) is 1. The third-order valence-electron chi connectivity index (χ3n) is 5.66. The second-order valence-electron chi connectivity index (χ2n) is 8.25. The molecule has 0 fully saturated rings. The summed E-state index contributed by atoms with van der Waals surface area (Å²) in [4.78, 5) is 23.2. The molecule has 0 saturated carbocycles. The fourth-order valence-electron chi connectivity index (χ4n) is 3.95. The van der Waals surface area contributed by atoms with Crippen LogP contribution in [0.4, 0.5) is 11.4 Å². The van der Waals surface area contributed by atoms with Crippen molar-refractivity contribution < 1.29 is 27.2 Å². The summed E-state index contributed by atoms with van der Waals surface area (Å²) in [6, 6.07) is 7.85. The van der Waals surface area contributed by atoms with Crippen LogP contribution >= 0.6 is 0 Å². The molecule has 1 aliphatic rings. The van der Waals surface area contributed by atoms with Crippen LogP contribution in [0.25, 0.3) is 11.5 Å². The van der Waals surface area contributed by atoms with Crippen LogP contribution in [0.15, 0.2) is 51.5 Å². The molecule has 1 aliphatic heterocycles. The highest BCUT2D eigenvalue weighted by atomic mass is 32.2. The maximum absolute atomic E-state index is 12.6. The number of carbonyl (C=O) groups excluding carboxylic acids is 1. The van der Waals surface area contributed by atoms with Crippen LogP contribution in [-0.2, 0) is 19.6 Å². The molecule has 3 aromatic rings. The first kappa shape index (κ1) is 26.9. The number of hydrogen-bond acceptors (Lipinski definition) is 11. The van der Waals surface area contributed by atoms with Crippen LogP contribution in [-0.4, -0.2) is 77.5 Å². The number of ether oxygens (including phenoxy) is 2. The predicted octanol–water partition coefficient (Wildman–Crippen LogP) is 2.73. The zero-order valence-corrected chi connectivity index (χ0v) is 22.1. The Morgan fingerprint density at radius 3 is 2.42 bits per heavy atom. The van der Waals surface area contributed by atoms with Gasteiger partial charge in [0, 0.05) is 31.0 Å². The zero-order valence-electron chi connectivity index (χ0n) is 21.3. The molecular formula is C24H27N7O6S. The Kier molecular flexibility index (Phi) is 7.83. The SMILES string of the molecule is CCCN(CCC)c1ccc(/N=C2/C(C(=O)OC)=Nn3c2nnc3-c2cc(S(=O)(=O)O)ccn2)c(OC)c1. The van der Waals surface area contributed by atoms with Gasteiger partial charge in [-0.2, -0.15) is 18.2 Å². The molecule has 38 heavy (non-hydrogen) atoms. The maximum atomic E-state index is 12.6. The van der Waals surface area contributed by atoms with Crippen molar-refractivity contribution in [2.24, 2.45) is 10.1 Å². The molecule has 3 heterocycles. The average Bonchev–Trinajstić information content (AvgIpc) is 3.48. The van der Waals surface area contributed by atoms with Crippen LogP contribution in [0.2, 0.25) is 0 Å².